The Morgan fingerprint density at radius 1 is 1.47 bits per heavy atom. The van der Waals surface area contributed by atoms with Crippen LogP contribution >= 0.6 is 0 Å². The molecule has 0 amide bonds. The minimum absolute atomic E-state index is 0.333. The van der Waals surface area contributed by atoms with Gasteiger partial charge in [0.05, 0.1) is 19.8 Å². The second-order valence-electron chi connectivity index (χ2n) is 4.73. The summed E-state index contributed by atoms with van der Waals surface area (Å²) in [7, 11) is 1.73. The van der Waals surface area contributed by atoms with Gasteiger partial charge < -0.3 is 9.47 Å². The molecule has 0 radical (unpaired) electrons. The predicted octanol–water partition coefficient (Wildman–Crippen LogP) is 2.22. The Labute approximate surface area is 103 Å². The second kappa shape index (κ2) is 5.52. The maximum Gasteiger partial charge on any atom is 0.123 e. The first-order valence-corrected chi connectivity index (χ1v) is 6.16. The zero-order valence-electron chi connectivity index (χ0n) is 10.9. The van der Waals surface area contributed by atoms with E-state index in [4.69, 9.17) is 9.47 Å². The molecule has 1 aliphatic heterocycles. The summed E-state index contributed by atoms with van der Waals surface area (Å²) in [5.41, 5.74) is 2.55. The molecule has 0 bridgehead atoms. The van der Waals surface area contributed by atoms with Crippen molar-refractivity contribution in [2.45, 2.75) is 26.5 Å². The third-order valence-corrected chi connectivity index (χ3v) is 3.16. The number of morpholine rings is 1. The van der Waals surface area contributed by atoms with Gasteiger partial charge in [-0.3, -0.25) is 4.90 Å². The van der Waals surface area contributed by atoms with E-state index in [1.54, 1.807) is 7.11 Å². The number of methoxy groups -OCH3 is 1. The summed E-state index contributed by atoms with van der Waals surface area (Å²) in [5.74, 6) is 0.981. The average molecular weight is 235 g/mol. The molecule has 1 saturated heterocycles. The lowest BCUT2D eigenvalue weighted by Gasteiger charge is -2.31. The Kier molecular flexibility index (Phi) is 4.02. The van der Waals surface area contributed by atoms with Crippen molar-refractivity contribution in [1.82, 2.24) is 4.90 Å². The van der Waals surface area contributed by atoms with Gasteiger partial charge in [0.1, 0.15) is 5.75 Å². The largest absolute Gasteiger partial charge is 0.496 e. The average Bonchev–Trinajstić information content (AvgIpc) is 2.29. The topological polar surface area (TPSA) is 21.7 Å². The minimum Gasteiger partial charge on any atom is -0.496 e. The van der Waals surface area contributed by atoms with Crippen molar-refractivity contribution in [2.75, 3.05) is 26.8 Å². The molecule has 0 aliphatic carbocycles. The van der Waals surface area contributed by atoms with Gasteiger partial charge in [-0.15, -0.1) is 0 Å². The first-order chi connectivity index (χ1) is 8.19. The smallest absolute Gasteiger partial charge is 0.123 e. The van der Waals surface area contributed by atoms with E-state index in [2.05, 4.69) is 36.9 Å². The van der Waals surface area contributed by atoms with E-state index in [0.717, 1.165) is 32.0 Å². The first-order valence-electron chi connectivity index (χ1n) is 6.16. The molecule has 1 heterocycles. The summed E-state index contributed by atoms with van der Waals surface area (Å²) in [5, 5.41) is 0. The highest BCUT2D eigenvalue weighted by Crippen LogP contribution is 2.22. The Hall–Kier alpha value is -1.06. The van der Waals surface area contributed by atoms with E-state index in [0.29, 0.717) is 6.10 Å². The zero-order chi connectivity index (χ0) is 12.3. The van der Waals surface area contributed by atoms with Crippen LogP contribution in [0.25, 0.3) is 0 Å². The molecule has 1 atom stereocenters. The van der Waals surface area contributed by atoms with Crippen LogP contribution in [-0.4, -0.2) is 37.8 Å². The Morgan fingerprint density at radius 3 is 3.00 bits per heavy atom. The van der Waals surface area contributed by atoms with Crippen LogP contribution in [-0.2, 0) is 11.3 Å². The SMILES string of the molecule is COc1ccc(C)cc1CN1CCOC(C)C1. The van der Waals surface area contributed by atoms with E-state index < -0.39 is 0 Å². The van der Waals surface area contributed by atoms with Gasteiger partial charge in [0.2, 0.25) is 0 Å². The molecule has 0 saturated carbocycles. The molecule has 1 aromatic rings. The molecule has 1 aromatic carbocycles. The third kappa shape index (κ3) is 3.20. The van der Waals surface area contributed by atoms with Crippen LogP contribution in [0.15, 0.2) is 18.2 Å². The maximum atomic E-state index is 5.55. The van der Waals surface area contributed by atoms with Gasteiger partial charge in [-0.05, 0) is 19.9 Å². The maximum absolute atomic E-state index is 5.55. The van der Waals surface area contributed by atoms with Gasteiger partial charge in [-0.2, -0.15) is 0 Å². The monoisotopic (exact) mass is 235 g/mol. The molecule has 1 unspecified atom stereocenters. The Morgan fingerprint density at radius 2 is 2.29 bits per heavy atom. The molecular weight excluding hydrogens is 214 g/mol. The lowest BCUT2D eigenvalue weighted by atomic mass is 10.1. The molecule has 0 N–H and O–H groups in total. The van der Waals surface area contributed by atoms with Crippen molar-refractivity contribution >= 4 is 0 Å². The standard InChI is InChI=1S/C14H21NO2/c1-11-4-5-14(16-3)13(8-11)10-15-6-7-17-12(2)9-15/h4-5,8,12H,6-7,9-10H2,1-3H3. The summed E-state index contributed by atoms with van der Waals surface area (Å²) >= 11 is 0. The van der Waals surface area contributed by atoms with E-state index in [1.807, 2.05) is 0 Å². The van der Waals surface area contributed by atoms with Crippen molar-refractivity contribution in [3.63, 3.8) is 0 Å². The number of hydrogen-bond acceptors (Lipinski definition) is 3. The summed E-state index contributed by atoms with van der Waals surface area (Å²) in [4.78, 5) is 2.42. The summed E-state index contributed by atoms with van der Waals surface area (Å²) < 4.78 is 11.0. The molecule has 3 nitrogen and oxygen atoms in total. The van der Waals surface area contributed by atoms with E-state index in [-0.39, 0.29) is 0 Å². The van der Waals surface area contributed by atoms with Gasteiger partial charge in [-0.1, -0.05) is 17.7 Å². The second-order valence-corrected chi connectivity index (χ2v) is 4.73. The summed E-state index contributed by atoms with van der Waals surface area (Å²) in [6.07, 6.45) is 0.333. The predicted molar refractivity (Wildman–Crippen MR) is 68.4 cm³/mol. The normalized spacial score (nSPS) is 21.5. The van der Waals surface area contributed by atoms with Crippen LogP contribution in [0.2, 0.25) is 0 Å². The van der Waals surface area contributed by atoms with Crippen molar-refractivity contribution in [3.05, 3.63) is 29.3 Å². The van der Waals surface area contributed by atoms with Crippen LogP contribution in [0.1, 0.15) is 18.1 Å². The highest BCUT2D eigenvalue weighted by molar-refractivity contribution is 5.36. The van der Waals surface area contributed by atoms with Crippen LogP contribution in [0.4, 0.5) is 0 Å². The van der Waals surface area contributed by atoms with Gasteiger partial charge in [-0.25, -0.2) is 0 Å². The summed E-state index contributed by atoms with van der Waals surface area (Å²) in [6, 6.07) is 6.35. The number of rotatable bonds is 3. The van der Waals surface area contributed by atoms with Crippen molar-refractivity contribution in [3.8, 4) is 5.75 Å². The fourth-order valence-corrected chi connectivity index (χ4v) is 2.31. The van der Waals surface area contributed by atoms with E-state index in [9.17, 15) is 0 Å². The van der Waals surface area contributed by atoms with Crippen LogP contribution in [0.3, 0.4) is 0 Å². The number of aryl methyl sites for hydroxylation is 1. The van der Waals surface area contributed by atoms with Crippen molar-refractivity contribution < 1.29 is 9.47 Å². The number of ether oxygens (including phenoxy) is 2. The molecule has 17 heavy (non-hydrogen) atoms. The van der Waals surface area contributed by atoms with Crippen molar-refractivity contribution in [2.24, 2.45) is 0 Å². The van der Waals surface area contributed by atoms with Crippen LogP contribution < -0.4 is 4.74 Å². The number of hydrogen-bond donors (Lipinski definition) is 0. The Balaban J connectivity index is 2.08. The zero-order valence-corrected chi connectivity index (χ0v) is 10.9. The van der Waals surface area contributed by atoms with Crippen LogP contribution in [0, 0.1) is 6.92 Å². The lowest BCUT2D eigenvalue weighted by molar-refractivity contribution is -0.0214. The Bertz CT molecular complexity index is 378. The highest BCUT2D eigenvalue weighted by atomic mass is 16.5. The molecule has 1 aliphatic rings. The highest BCUT2D eigenvalue weighted by Gasteiger charge is 2.17. The quantitative estimate of drug-likeness (QED) is 0.802. The fraction of sp³-hybridized carbons (Fsp3) is 0.571. The van der Waals surface area contributed by atoms with E-state index in [1.165, 1.54) is 11.1 Å². The van der Waals surface area contributed by atoms with Crippen molar-refractivity contribution in [1.29, 1.82) is 0 Å². The fourth-order valence-electron chi connectivity index (χ4n) is 2.31. The number of nitrogens with zero attached hydrogens (tertiary/aromatic N) is 1. The molecule has 94 valence electrons. The van der Waals surface area contributed by atoms with Gasteiger partial charge in [0.25, 0.3) is 0 Å². The third-order valence-electron chi connectivity index (χ3n) is 3.16. The van der Waals surface area contributed by atoms with Crippen LogP contribution in [0.5, 0.6) is 5.75 Å². The van der Waals surface area contributed by atoms with E-state index >= 15 is 0 Å². The molecule has 0 spiro atoms. The van der Waals surface area contributed by atoms with Gasteiger partial charge in [0.15, 0.2) is 0 Å². The van der Waals surface area contributed by atoms with Gasteiger partial charge in [0, 0.05) is 25.2 Å². The molecule has 3 heteroatoms. The molecule has 0 aromatic heterocycles. The molecular formula is C14H21NO2. The molecule has 1 fully saturated rings. The molecule has 2 rings (SSSR count). The minimum atomic E-state index is 0.333. The number of benzene rings is 1. The van der Waals surface area contributed by atoms with Gasteiger partial charge >= 0.3 is 0 Å². The first kappa shape index (κ1) is 12.4. The summed E-state index contributed by atoms with van der Waals surface area (Å²) in [6.45, 7) is 8.01. The lowest BCUT2D eigenvalue weighted by Crippen LogP contribution is -2.40.